The zero-order valence-electron chi connectivity index (χ0n) is 14.0. The van der Waals surface area contributed by atoms with Gasteiger partial charge in [0.25, 0.3) is 5.17 Å². The number of hydrogen-bond acceptors (Lipinski definition) is 3. The molecule has 0 heterocycles. The predicted octanol–water partition coefficient (Wildman–Crippen LogP) is 5.35. The first-order valence-electron chi connectivity index (χ1n) is 7.76. The molecule has 0 aliphatic heterocycles. The van der Waals surface area contributed by atoms with E-state index in [2.05, 4.69) is 27.7 Å². The molecule has 3 nitrogen and oxygen atoms in total. The van der Waals surface area contributed by atoms with Crippen molar-refractivity contribution in [3.05, 3.63) is 53.6 Å². The topological polar surface area (TPSA) is 44.5 Å². The molecule has 0 unspecified atom stereocenters. The van der Waals surface area contributed by atoms with Crippen LogP contribution in [0.5, 0.6) is 17.2 Å². The number of para-hydroxylation sites is 1. The first-order chi connectivity index (χ1) is 10.9. The van der Waals surface area contributed by atoms with Crippen LogP contribution >= 0.6 is 12.2 Å². The Bertz CT molecular complexity index is 652. The molecule has 0 amide bonds. The van der Waals surface area contributed by atoms with Crippen LogP contribution in [0, 0.1) is 0 Å². The van der Waals surface area contributed by atoms with Crippen LogP contribution in [0.25, 0.3) is 0 Å². The van der Waals surface area contributed by atoms with Crippen LogP contribution in [0.2, 0.25) is 0 Å². The van der Waals surface area contributed by atoms with Gasteiger partial charge >= 0.3 is 0 Å². The molecule has 0 atom stereocenters. The summed E-state index contributed by atoms with van der Waals surface area (Å²) in [5.74, 6) is 2.87. The van der Waals surface area contributed by atoms with E-state index in [1.54, 1.807) is 0 Å². The third-order valence-corrected chi connectivity index (χ3v) is 3.63. The van der Waals surface area contributed by atoms with Gasteiger partial charge in [0.1, 0.15) is 17.2 Å². The molecule has 2 aromatic carbocycles. The van der Waals surface area contributed by atoms with Crippen LogP contribution in [0.1, 0.15) is 50.7 Å². The van der Waals surface area contributed by atoms with Gasteiger partial charge in [-0.05, 0) is 48.3 Å². The molecule has 0 saturated heterocycles. The second kappa shape index (κ2) is 7.47. The fraction of sp³-hybridized carbons (Fsp3) is 0.316. The van der Waals surface area contributed by atoms with Crippen molar-refractivity contribution in [2.24, 2.45) is 5.73 Å². The maximum absolute atomic E-state index is 6.00. The summed E-state index contributed by atoms with van der Waals surface area (Å²) in [6.07, 6.45) is 0. The monoisotopic (exact) mass is 329 g/mol. The van der Waals surface area contributed by atoms with E-state index in [1.165, 1.54) is 0 Å². The standard InChI is InChI=1S/C19H23NO2S/c1-12(2)16-10-15(21-14-8-6-5-7-9-14)11-17(13(3)4)18(16)22-19(20)23/h5-13H,1-4H3,(H2,20,23). The molecular weight excluding hydrogens is 306 g/mol. The van der Waals surface area contributed by atoms with Gasteiger partial charge in [-0.2, -0.15) is 0 Å². The minimum Gasteiger partial charge on any atom is -0.457 e. The number of nitrogens with two attached hydrogens (primary N) is 1. The van der Waals surface area contributed by atoms with Crippen LogP contribution < -0.4 is 15.2 Å². The maximum atomic E-state index is 6.00. The van der Waals surface area contributed by atoms with Crippen LogP contribution in [-0.2, 0) is 0 Å². The summed E-state index contributed by atoms with van der Waals surface area (Å²) in [7, 11) is 0. The molecule has 0 radical (unpaired) electrons. The van der Waals surface area contributed by atoms with E-state index in [4.69, 9.17) is 27.4 Å². The smallest absolute Gasteiger partial charge is 0.259 e. The summed E-state index contributed by atoms with van der Waals surface area (Å²) < 4.78 is 11.7. The highest BCUT2D eigenvalue weighted by Crippen LogP contribution is 2.39. The lowest BCUT2D eigenvalue weighted by atomic mass is 9.93. The zero-order chi connectivity index (χ0) is 17.0. The Hall–Kier alpha value is -2.07. The lowest BCUT2D eigenvalue weighted by Crippen LogP contribution is -2.18. The van der Waals surface area contributed by atoms with Gasteiger partial charge in [-0.3, -0.25) is 0 Å². The Labute approximate surface area is 143 Å². The van der Waals surface area contributed by atoms with Crippen molar-refractivity contribution >= 4 is 17.4 Å². The van der Waals surface area contributed by atoms with Crippen molar-refractivity contribution < 1.29 is 9.47 Å². The highest BCUT2D eigenvalue weighted by atomic mass is 32.1. The van der Waals surface area contributed by atoms with Gasteiger partial charge in [0, 0.05) is 11.1 Å². The Balaban J connectivity index is 2.51. The molecule has 4 heteroatoms. The molecule has 0 fully saturated rings. The quantitative estimate of drug-likeness (QED) is 0.751. The van der Waals surface area contributed by atoms with E-state index < -0.39 is 0 Å². The highest BCUT2D eigenvalue weighted by Gasteiger charge is 2.19. The SMILES string of the molecule is CC(C)c1cc(Oc2ccccc2)cc(C(C)C)c1OC(N)=S. The van der Waals surface area contributed by atoms with Crippen LogP contribution in [0.15, 0.2) is 42.5 Å². The molecule has 2 rings (SSSR count). The summed E-state index contributed by atoms with van der Waals surface area (Å²) >= 11 is 4.93. The van der Waals surface area contributed by atoms with Gasteiger partial charge < -0.3 is 15.2 Å². The van der Waals surface area contributed by atoms with E-state index in [1.807, 2.05) is 42.5 Å². The van der Waals surface area contributed by atoms with E-state index in [0.29, 0.717) is 0 Å². The van der Waals surface area contributed by atoms with E-state index >= 15 is 0 Å². The highest BCUT2D eigenvalue weighted by molar-refractivity contribution is 7.80. The largest absolute Gasteiger partial charge is 0.457 e. The second-order valence-electron chi connectivity index (χ2n) is 6.08. The molecule has 0 bridgehead atoms. The first kappa shape index (κ1) is 17.3. The van der Waals surface area contributed by atoms with Crippen LogP contribution in [-0.4, -0.2) is 5.17 Å². The fourth-order valence-corrected chi connectivity index (χ4v) is 2.49. The summed E-state index contributed by atoms with van der Waals surface area (Å²) in [6, 6.07) is 13.7. The molecule has 122 valence electrons. The predicted molar refractivity (Wildman–Crippen MR) is 98.5 cm³/mol. The molecule has 0 spiro atoms. The van der Waals surface area contributed by atoms with Gasteiger partial charge in [0.05, 0.1) is 0 Å². The van der Waals surface area contributed by atoms with Crippen molar-refractivity contribution in [2.75, 3.05) is 0 Å². The summed E-state index contributed by atoms with van der Waals surface area (Å²) in [5.41, 5.74) is 7.68. The Morgan fingerprint density at radius 2 is 1.43 bits per heavy atom. The minimum atomic E-state index is 0.0329. The summed E-state index contributed by atoms with van der Waals surface area (Å²) in [6.45, 7) is 8.44. The zero-order valence-corrected chi connectivity index (χ0v) is 14.8. The van der Waals surface area contributed by atoms with Crippen LogP contribution in [0.3, 0.4) is 0 Å². The van der Waals surface area contributed by atoms with Crippen molar-refractivity contribution in [3.63, 3.8) is 0 Å². The van der Waals surface area contributed by atoms with E-state index in [-0.39, 0.29) is 17.0 Å². The van der Waals surface area contributed by atoms with Gasteiger partial charge in [-0.1, -0.05) is 45.9 Å². The van der Waals surface area contributed by atoms with Crippen molar-refractivity contribution in [1.82, 2.24) is 0 Å². The van der Waals surface area contributed by atoms with Crippen LogP contribution in [0.4, 0.5) is 0 Å². The lowest BCUT2D eigenvalue weighted by molar-refractivity contribution is 0.474. The molecule has 2 N–H and O–H groups in total. The third kappa shape index (κ3) is 4.45. The van der Waals surface area contributed by atoms with Gasteiger partial charge in [0.2, 0.25) is 0 Å². The average Bonchev–Trinajstić information content (AvgIpc) is 2.48. The number of rotatable bonds is 5. The van der Waals surface area contributed by atoms with E-state index in [0.717, 1.165) is 28.4 Å². The average molecular weight is 329 g/mol. The fourth-order valence-electron chi connectivity index (χ4n) is 2.41. The Morgan fingerprint density at radius 1 is 0.913 bits per heavy atom. The number of thiocarbonyl (C=S) groups is 1. The Kier molecular flexibility index (Phi) is 5.61. The third-order valence-electron chi connectivity index (χ3n) is 3.55. The molecule has 0 aliphatic rings. The maximum Gasteiger partial charge on any atom is 0.259 e. The van der Waals surface area contributed by atoms with Gasteiger partial charge in [-0.15, -0.1) is 0 Å². The van der Waals surface area contributed by atoms with Crippen molar-refractivity contribution in [3.8, 4) is 17.2 Å². The van der Waals surface area contributed by atoms with Crippen molar-refractivity contribution in [1.29, 1.82) is 0 Å². The van der Waals surface area contributed by atoms with Crippen molar-refractivity contribution in [2.45, 2.75) is 39.5 Å². The number of hydrogen-bond donors (Lipinski definition) is 1. The minimum absolute atomic E-state index is 0.0329. The summed E-state index contributed by atoms with van der Waals surface area (Å²) in [5, 5.41) is 0.0329. The lowest BCUT2D eigenvalue weighted by Gasteiger charge is -2.21. The summed E-state index contributed by atoms with van der Waals surface area (Å²) in [4.78, 5) is 0. The normalized spacial score (nSPS) is 10.9. The molecule has 0 saturated carbocycles. The first-order valence-corrected chi connectivity index (χ1v) is 8.17. The Morgan fingerprint density at radius 3 is 1.87 bits per heavy atom. The van der Waals surface area contributed by atoms with E-state index in [9.17, 15) is 0 Å². The molecule has 2 aromatic rings. The molecule has 0 aromatic heterocycles. The van der Waals surface area contributed by atoms with Gasteiger partial charge in [-0.25, -0.2) is 0 Å². The molecular formula is C19H23NO2S. The van der Waals surface area contributed by atoms with Gasteiger partial charge in [0.15, 0.2) is 0 Å². The second-order valence-corrected chi connectivity index (χ2v) is 6.48. The molecule has 0 aliphatic carbocycles. The molecule has 23 heavy (non-hydrogen) atoms. The number of ether oxygens (including phenoxy) is 2. The number of benzene rings is 2.